The van der Waals surface area contributed by atoms with E-state index >= 15 is 0 Å². The molecular formula is C13H19N3O2S. The number of nitrogens with one attached hydrogen (secondary N) is 1. The molecule has 0 radical (unpaired) electrons. The van der Waals surface area contributed by atoms with Gasteiger partial charge in [0.15, 0.2) is 0 Å². The molecule has 0 bridgehead atoms. The molecule has 0 fully saturated rings. The van der Waals surface area contributed by atoms with Crippen molar-refractivity contribution in [2.24, 2.45) is 11.7 Å². The minimum atomic E-state index is -3.58. The van der Waals surface area contributed by atoms with Gasteiger partial charge in [-0.2, -0.15) is 5.26 Å². The second-order valence-corrected chi connectivity index (χ2v) is 6.53. The summed E-state index contributed by atoms with van der Waals surface area (Å²) in [6.45, 7) is 4.28. The van der Waals surface area contributed by atoms with Crippen LogP contribution < -0.4 is 10.5 Å². The van der Waals surface area contributed by atoms with Crippen molar-refractivity contribution in [3.05, 3.63) is 29.8 Å². The second kappa shape index (κ2) is 6.66. The van der Waals surface area contributed by atoms with Gasteiger partial charge in [-0.3, -0.25) is 0 Å². The highest BCUT2D eigenvalue weighted by Crippen LogP contribution is 2.12. The molecule has 0 spiro atoms. The zero-order chi connectivity index (χ0) is 14.5. The Labute approximate surface area is 114 Å². The molecule has 3 N–H and O–H groups in total. The molecule has 104 valence electrons. The fourth-order valence-corrected chi connectivity index (χ4v) is 3.02. The van der Waals surface area contributed by atoms with E-state index in [9.17, 15) is 8.42 Å². The Balaban J connectivity index is 2.87. The molecule has 6 heteroatoms. The first-order valence-electron chi connectivity index (χ1n) is 6.11. The van der Waals surface area contributed by atoms with Crippen LogP contribution in [-0.4, -0.2) is 21.0 Å². The first-order chi connectivity index (χ1) is 8.89. The minimum Gasteiger partial charge on any atom is -0.329 e. The largest absolute Gasteiger partial charge is 0.329 e. The van der Waals surface area contributed by atoms with Gasteiger partial charge in [-0.05, 0) is 36.6 Å². The Morgan fingerprint density at radius 2 is 1.89 bits per heavy atom. The van der Waals surface area contributed by atoms with Gasteiger partial charge < -0.3 is 5.73 Å². The molecule has 0 aliphatic carbocycles. The van der Waals surface area contributed by atoms with Crippen LogP contribution in [0.15, 0.2) is 29.2 Å². The topological polar surface area (TPSA) is 96.0 Å². The molecule has 0 heterocycles. The lowest BCUT2D eigenvalue weighted by Crippen LogP contribution is -2.40. The summed E-state index contributed by atoms with van der Waals surface area (Å²) in [6.07, 6.45) is 0.687. The van der Waals surface area contributed by atoms with Crippen LogP contribution in [0.5, 0.6) is 0 Å². The van der Waals surface area contributed by atoms with Gasteiger partial charge in [0.05, 0.1) is 16.5 Å². The molecular weight excluding hydrogens is 262 g/mol. The van der Waals surface area contributed by atoms with Crippen molar-refractivity contribution in [2.45, 2.75) is 31.2 Å². The third kappa shape index (κ3) is 4.63. The van der Waals surface area contributed by atoms with Crippen LogP contribution >= 0.6 is 0 Å². The van der Waals surface area contributed by atoms with Crippen LogP contribution in [-0.2, 0) is 10.0 Å². The molecule has 1 aromatic rings. The fourth-order valence-electron chi connectivity index (χ4n) is 1.76. The van der Waals surface area contributed by atoms with E-state index in [0.717, 1.165) is 0 Å². The van der Waals surface area contributed by atoms with Crippen molar-refractivity contribution >= 4 is 10.0 Å². The number of nitrogens with zero attached hydrogens (tertiary/aromatic N) is 1. The number of hydrogen-bond acceptors (Lipinski definition) is 4. The molecule has 0 aliphatic rings. The summed E-state index contributed by atoms with van der Waals surface area (Å²) in [7, 11) is -3.58. The minimum absolute atomic E-state index is 0.147. The summed E-state index contributed by atoms with van der Waals surface area (Å²) in [5.41, 5.74) is 6.01. The van der Waals surface area contributed by atoms with E-state index in [-0.39, 0.29) is 17.5 Å². The zero-order valence-corrected chi connectivity index (χ0v) is 11.9. The number of hydrogen-bond donors (Lipinski definition) is 2. The van der Waals surface area contributed by atoms with Crippen molar-refractivity contribution in [1.29, 1.82) is 5.26 Å². The van der Waals surface area contributed by atoms with E-state index in [2.05, 4.69) is 4.72 Å². The molecule has 1 rings (SSSR count). The smallest absolute Gasteiger partial charge is 0.240 e. The highest BCUT2D eigenvalue weighted by Gasteiger charge is 2.19. The first-order valence-corrected chi connectivity index (χ1v) is 7.60. The Bertz CT molecular complexity index is 544. The summed E-state index contributed by atoms with van der Waals surface area (Å²) in [5.74, 6) is 0.359. The van der Waals surface area contributed by atoms with Gasteiger partial charge in [0.2, 0.25) is 10.0 Å². The van der Waals surface area contributed by atoms with E-state index in [4.69, 9.17) is 11.0 Å². The van der Waals surface area contributed by atoms with Gasteiger partial charge in [-0.1, -0.05) is 13.8 Å². The zero-order valence-electron chi connectivity index (χ0n) is 11.1. The first kappa shape index (κ1) is 15.6. The molecule has 0 aliphatic heterocycles. The molecule has 1 aromatic carbocycles. The van der Waals surface area contributed by atoms with Gasteiger partial charge in [0.1, 0.15) is 0 Å². The average molecular weight is 281 g/mol. The van der Waals surface area contributed by atoms with Crippen LogP contribution in [0.2, 0.25) is 0 Å². The molecule has 0 aromatic heterocycles. The molecule has 19 heavy (non-hydrogen) atoms. The lowest BCUT2D eigenvalue weighted by atomic mass is 10.1. The summed E-state index contributed by atoms with van der Waals surface area (Å²) < 4.78 is 26.9. The Morgan fingerprint density at radius 3 is 2.32 bits per heavy atom. The fraction of sp³-hybridized carbons (Fsp3) is 0.462. The van der Waals surface area contributed by atoms with Crippen LogP contribution in [0.25, 0.3) is 0 Å². The lowest BCUT2D eigenvalue weighted by molar-refractivity contribution is 0.465. The van der Waals surface area contributed by atoms with E-state index in [1.54, 1.807) is 0 Å². The predicted molar refractivity (Wildman–Crippen MR) is 73.8 cm³/mol. The molecule has 0 saturated heterocycles. The summed E-state index contributed by atoms with van der Waals surface area (Å²) in [5, 5.41) is 8.68. The van der Waals surface area contributed by atoms with Crippen LogP contribution in [0.1, 0.15) is 25.8 Å². The number of sulfonamides is 1. The lowest BCUT2D eigenvalue weighted by Gasteiger charge is -2.18. The number of rotatable bonds is 6. The van der Waals surface area contributed by atoms with E-state index in [0.29, 0.717) is 17.9 Å². The van der Waals surface area contributed by atoms with Crippen molar-refractivity contribution in [2.75, 3.05) is 6.54 Å². The number of nitrogens with two attached hydrogens (primary N) is 1. The normalized spacial score (nSPS) is 13.2. The van der Waals surface area contributed by atoms with Crippen LogP contribution in [0.3, 0.4) is 0 Å². The van der Waals surface area contributed by atoms with Crippen LogP contribution in [0.4, 0.5) is 0 Å². The molecule has 0 saturated carbocycles. The van der Waals surface area contributed by atoms with Gasteiger partial charge in [-0.15, -0.1) is 0 Å². The van der Waals surface area contributed by atoms with Crippen molar-refractivity contribution in [3.63, 3.8) is 0 Å². The maximum atomic E-state index is 12.1. The van der Waals surface area contributed by atoms with Gasteiger partial charge in [0, 0.05) is 12.6 Å². The maximum absolute atomic E-state index is 12.1. The van der Waals surface area contributed by atoms with Crippen molar-refractivity contribution in [3.8, 4) is 6.07 Å². The van der Waals surface area contributed by atoms with E-state index in [1.807, 2.05) is 19.9 Å². The summed E-state index contributed by atoms with van der Waals surface area (Å²) in [4.78, 5) is 0.147. The third-order valence-corrected chi connectivity index (χ3v) is 4.19. The maximum Gasteiger partial charge on any atom is 0.240 e. The SMILES string of the molecule is CC(C)CC(CN)NS(=O)(=O)c1ccc(C#N)cc1. The van der Waals surface area contributed by atoms with Crippen molar-refractivity contribution in [1.82, 2.24) is 4.72 Å². The molecule has 1 atom stereocenters. The monoisotopic (exact) mass is 281 g/mol. The molecule has 1 unspecified atom stereocenters. The Morgan fingerprint density at radius 1 is 1.32 bits per heavy atom. The van der Waals surface area contributed by atoms with Crippen LogP contribution in [0, 0.1) is 17.2 Å². The summed E-state index contributed by atoms with van der Waals surface area (Å²) >= 11 is 0. The Kier molecular flexibility index (Phi) is 5.48. The third-order valence-electron chi connectivity index (χ3n) is 2.66. The summed E-state index contributed by atoms with van der Waals surface area (Å²) in [6, 6.07) is 7.47. The standard InChI is InChI=1S/C13H19N3O2S/c1-10(2)7-12(9-15)16-19(17,18)13-5-3-11(8-14)4-6-13/h3-6,10,12,16H,7,9,15H2,1-2H3. The Hall–Kier alpha value is -1.42. The van der Waals surface area contributed by atoms with Gasteiger partial charge in [-0.25, -0.2) is 13.1 Å². The quantitative estimate of drug-likeness (QED) is 0.819. The highest BCUT2D eigenvalue weighted by atomic mass is 32.2. The number of nitriles is 1. The van der Waals surface area contributed by atoms with Gasteiger partial charge in [0.25, 0.3) is 0 Å². The predicted octanol–water partition coefficient (Wildman–Crippen LogP) is 1.21. The second-order valence-electron chi connectivity index (χ2n) is 4.82. The molecule has 5 nitrogen and oxygen atoms in total. The van der Waals surface area contributed by atoms with Crippen molar-refractivity contribution < 1.29 is 8.42 Å². The van der Waals surface area contributed by atoms with Gasteiger partial charge >= 0.3 is 0 Å². The highest BCUT2D eigenvalue weighted by molar-refractivity contribution is 7.89. The van der Waals surface area contributed by atoms with E-state index < -0.39 is 10.0 Å². The number of benzene rings is 1. The molecule has 0 amide bonds. The van der Waals surface area contributed by atoms with E-state index in [1.165, 1.54) is 24.3 Å². The average Bonchev–Trinajstić information content (AvgIpc) is 2.37.